The van der Waals surface area contributed by atoms with Gasteiger partial charge in [0.2, 0.25) is 0 Å². The van der Waals surface area contributed by atoms with Gasteiger partial charge in [0.15, 0.2) is 0 Å². The smallest absolute Gasteiger partial charge is 0.265 e. The van der Waals surface area contributed by atoms with Gasteiger partial charge in [0.05, 0.1) is 26.4 Å². The first-order chi connectivity index (χ1) is 10.1. The summed E-state index contributed by atoms with van der Waals surface area (Å²) in [6, 6.07) is 9.52. The molecular weight excluding hydrogens is 350 g/mol. The largest absolute Gasteiger partial charge is 0.319 e. The van der Waals surface area contributed by atoms with Crippen molar-refractivity contribution in [3.8, 4) is 5.69 Å². The Labute approximate surface area is 134 Å². The molecule has 0 aliphatic heterocycles. The number of halogens is 1. The number of hydrogen-bond acceptors (Lipinski definition) is 3. The van der Waals surface area contributed by atoms with Crippen LogP contribution < -0.4 is 5.32 Å². The monoisotopic (exact) mass is 361 g/mol. The molecule has 106 valence electrons. The fourth-order valence-corrected chi connectivity index (χ4v) is 3.39. The number of rotatable bonds is 3. The van der Waals surface area contributed by atoms with E-state index in [1.807, 2.05) is 48.0 Å². The molecule has 3 rings (SSSR count). The average Bonchev–Trinajstić information content (AvgIpc) is 3.10. The molecule has 0 aliphatic rings. The molecule has 0 radical (unpaired) electrons. The Balaban J connectivity index is 1.90. The minimum atomic E-state index is -0.110. The molecule has 0 spiro atoms. The Morgan fingerprint density at radius 2 is 2.19 bits per heavy atom. The highest BCUT2D eigenvalue weighted by Crippen LogP contribution is 2.28. The van der Waals surface area contributed by atoms with Gasteiger partial charge in [-0.05, 0) is 46.6 Å². The molecule has 0 saturated carbocycles. The first kappa shape index (κ1) is 14.0. The molecular formula is C15H12BrN3OS. The predicted molar refractivity (Wildman–Crippen MR) is 88.3 cm³/mol. The molecule has 6 heteroatoms. The fourth-order valence-electron chi connectivity index (χ4n) is 1.96. The van der Waals surface area contributed by atoms with E-state index in [9.17, 15) is 4.79 Å². The molecule has 4 nitrogen and oxygen atoms in total. The van der Waals surface area contributed by atoms with E-state index < -0.39 is 0 Å². The van der Waals surface area contributed by atoms with E-state index in [-0.39, 0.29) is 5.91 Å². The number of amides is 1. The van der Waals surface area contributed by atoms with Gasteiger partial charge in [0.1, 0.15) is 0 Å². The lowest BCUT2D eigenvalue weighted by molar-refractivity contribution is 0.103. The number of thiophene rings is 1. The Hall–Kier alpha value is -1.92. The molecule has 1 amide bonds. The normalized spacial score (nSPS) is 10.6. The van der Waals surface area contributed by atoms with Gasteiger partial charge in [-0.2, -0.15) is 0 Å². The Morgan fingerprint density at radius 3 is 2.86 bits per heavy atom. The van der Waals surface area contributed by atoms with Gasteiger partial charge in [0, 0.05) is 12.4 Å². The van der Waals surface area contributed by atoms with E-state index in [4.69, 9.17) is 0 Å². The zero-order valence-electron chi connectivity index (χ0n) is 11.2. The average molecular weight is 362 g/mol. The first-order valence-electron chi connectivity index (χ1n) is 6.30. The third-order valence-corrected chi connectivity index (χ3v) is 5.15. The van der Waals surface area contributed by atoms with Crippen LogP contribution in [0.3, 0.4) is 0 Å². The van der Waals surface area contributed by atoms with Crippen LogP contribution in [-0.2, 0) is 0 Å². The van der Waals surface area contributed by atoms with Crippen LogP contribution in [0.2, 0.25) is 0 Å². The number of carbonyl (C=O) groups is 1. The van der Waals surface area contributed by atoms with Crippen LogP contribution in [0.5, 0.6) is 0 Å². The molecule has 2 heterocycles. The standard InChI is InChI=1S/C15H12BrN3OS/c1-10-8-13(21-14(10)16)15(20)18-11-4-2-3-5-12(11)19-7-6-17-9-19/h2-9H,1H3,(H,18,20). The van der Waals surface area contributed by atoms with Crippen LogP contribution in [0.1, 0.15) is 15.2 Å². The number of imidazole rings is 1. The van der Waals surface area contributed by atoms with Gasteiger partial charge >= 0.3 is 0 Å². The molecule has 21 heavy (non-hydrogen) atoms. The number of nitrogens with zero attached hydrogens (tertiary/aromatic N) is 2. The number of hydrogen-bond donors (Lipinski definition) is 1. The van der Waals surface area contributed by atoms with Gasteiger partial charge in [-0.3, -0.25) is 4.79 Å². The van der Waals surface area contributed by atoms with Gasteiger partial charge in [-0.15, -0.1) is 11.3 Å². The van der Waals surface area contributed by atoms with Crippen LogP contribution in [0.15, 0.2) is 52.8 Å². The minimum Gasteiger partial charge on any atom is -0.319 e. The van der Waals surface area contributed by atoms with Crippen LogP contribution in [-0.4, -0.2) is 15.5 Å². The van der Waals surface area contributed by atoms with Crippen molar-refractivity contribution in [2.75, 3.05) is 5.32 Å². The van der Waals surface area contributed by atoms with E-state index >= 15 is 0 Å². The summed E-state index contributed by atoms with van der Waals surface area (Å²) in [5, 5.41) is 2.96. The van der Waals surface area contributed by atoms with Gasteiger partial charge in [0.25, 0.3) is 5.91 Å². The third kappa shape index (κ3) is 2.91. The lowest BCUT2D eigenvalue weighted by Gasteiger charge is -2.10. The Kier molecular flexibility index (Phi) is 3.90. The first-order valence-corrected chi connectivity index (χ1v) is 7.91. The quantitative estimate of drug-likeness (QED) is 0.757. The zero-order valence-corrected chi connectivity index (χ0v) is 13.6. The van der Waals surface area contributed by atoms with E-state index in [0.717, 1.165) is 20.7 Å². The number of anilines is 1. The predicted octanol–water partition coefficient (Wildman–Crippen LogP) is 4.26. The molecule has 0 saturated heterocycles. The molecule has 0 unspecified atom stereocenters. The number of aromatic nitrogens is 2. The van der Waals surface area contributed by atoms with Crippen molar-refractivity contribution in [1.82, 2.24) is 9.55 Å². The third-order valence-electron chi connectivity index (χ3n) is 3.02. The summed E-state index contributed by atoms with van der Waals surface area (Å²) in [7, 11) is 0. The molecule has 0 fully saturated rings. The highest BCUT2D eigenvalue weighted by Gasteiger charge is 2.13. The van der Waals surface area contributed by atoms with Crippen molar-refractivity contribution >= 4 is 38.9 Å². The van der Waals surface area contributed by atoms with Crippen molar-refractivity contribution < 1.29 is 4.79 Å². The minimum absolute atomic E-state index is 0.110. The molecule has 3 aromatic rings. The number of nitrogens with one attached hydrogen (secondary N) is 1. The molecule has 0 bridgehead atoms. The number of benzene rings is 1. The van der Waals surface area contributed by atoms with Crippen LogP contribution in [0.4, 0.5) is 5.69 Å². The zero-order chi connectivity index (χ0) is 14.8. The maximum atomic E-state index is 12.4. The molecule has 0 atom stereocenters. The summed E-state index contributed by atoms with van der Waals surface area (Å²) in [5.74, 6) is -0.110. The number of para-hydroxylation sites is 2. The number of carbonyl (C=O) groups excluding carboxylic acids is 1. The molecule has 2 aromatic heterocycles. The van der Waals surface area contributed by atoms with E-state index in [0.29, 0.717) is 4.88 Å². The van der Waals surface area contributed by atoms with Gasteiger partial charge < -0.3 is 9.88 Å². The van der Waals surface area contributed by atoms with E-state index in [1.165, 1.54) is 11.3 Å². The number of aryl methyl sites for hydroxylation is 1. The lowest BCUT2D eigenvalue weighted by Crippen LogP contribution is -2.12. The van der Waals surface area contributed by atoms with E-state index in [1.54, 1.807) is 12.5 Å². The highest BCUT2D eigenvalue weighted by atomic mass is 79.9. The van der Waals surface area contributed by atoms with Crippen molar-refractivity contribution in [2.24, 2.45) is 0 Å². The van der Waals surface area contributed by atoms with Gasteiger partial charge in [-0.1, -0.05) is 12.1 Å². The summed E-state index contributed by atoms with van der Waals surface area (Å²) in [4.78, 5) is 17.1. The van der Waals surface area contributed by atoms with E-state index in [2.05, 4.69) is 26.2 Å². The van der Waals surface area contributed by atoms with Crippen molar-refractivity contribution in [3.05, 3.63) is 63.3 Å². The van der Waals surface area contributed by atoms with Crippen LogP contribution in [0, 0.1) is 6.92 Å². The second-order valence-corrected chi connectivity index (χ2v) is 6.88. The molecule has 1 aromatic carbocycles. The summed E-state index contributed by atoms with van der Waals surface area (Å²) in [6.45, 7) is 1.97. The highest BCUT2D eigenvalue weighted by molar-refractivity contribution is 9.11. The summed E-state index contributed by atoms with van der Waals surface area (Å²) in [6.07, 6.45) is 5.26. The molecule has 1 N–H and O–H groups in total. The summed E-state index contributed by atoms with van der Waals surface area (Å²) < 4.78 is 2.85. The SMILES string of the molecule is Cc1cc(C(=O)Nc2ccccc2-n2ccnc2)sc1Br. The second-order valence-electron chi connectivity index (χ2n) is 4.51. The van der Waals surface area contributed by atoms with Crippen LogP contribution >= 0.6 is 27.3 Å². The van der Waals surface area contributed by atoms with Crippen molar-refractivity contribution in [2.45, 2.75) is 6.92 Å². The summed E-state index contributed by atoms with van der Waals surface area (Å²) >= 11 is 4.87. The topological polar surface area (TPSA) is 46.9 Å². The maximum absolute atomic E-state index is 12.4. The Morgan fingerprint density at radius 1 is 1.38 bits per heavy atom. The fraction of sp³-hybridized carbons (Fsp3) is 0.0667. The maximum Gasteiger partial charge on any atom is 0.265 e. The lowest BCUT2D eigenvalue weighted by atomic mass is 10.2. The summed E-state index contributed by atoms with van der Waals surface area (Å²) in [5.41, 5.74) is 2.70. The molecule has 0 aliphatic carbocycles. The van der Waals surface area contributed by atoms with Crippen LogP contribution in [0.25, 0.3) is 5.69 Å². The van der Waals surface area contributed by atoms with Gasteiger partial charge in [-0.25, -0.2) is 4.98 Å². The Bertz CT molecular complexity index is 761. The van der Waals surface area contributed by atoms with Crippen molar-refractivity contribution in [1.29, 1.82) is 0 Å². The van der Waals surface area contributed by atoms with Crippen molar-refractivity contribution in [3.63, 3.8) is 0 Å². The second kappa shape index (κ2) is 5.83.